The van der Waals surface area contributed by atoms with Crippen LogP contribution in [-0.4, -0.2) is 27.3 Å². The van der Waals surface area contributed by atoms with Crippen molar-refractivity contribution >= 4 is 32.6 Å². The van der Waals surface area contributed by atoms with Gasteiger partial charge in [-0.2, -0.15) is 4.37 Å². The molecule has 0 spiro atoms. The van der Waals surface area contributed by atoms with E-state index in [0.717, 1.165) is 36.9 Å². The lowest BCUT2D eigenvalue weighted by Crippen LogP contribution is -2.33. The van der Waals surface area contributed by atoms with E-state index in [9.17, 15) is 0 Å². The van der Waals surface area contributed by atoms with Crippen LogP contribution in [0.2, 0.25) is 0 Å². The molecule has 0 bridgehead atoms. The molecule has 1 aliphatic heterocycles. The number of piperidine rings is 1. The number of rotatable bonds is 3. The first kappa shape index (κ1) is 11.3. The zero-order chi connectivity index (χ0) is 10.7. The lowest BCUT2D eigenvalue weighted by molar-refractivity contribution is 0.595. The summed E-state index contributed by atoms with van der Waals surface area (Å²) in [5.41, 5.74) is 0. The Balaban J connectivity index is 1.96. The second kappa shape index (κ2) is 5.25. The number of aromatic nitrogens is 2. The maximum atomic E-state index is 4.57. The van der Waals surface area contributed by atoms with Crippen molar-refractivity contribution in [3.8, 4) is 0 Å². The number of anilines is 1. The van der Waals surface area contributed by atoms with E-state index < -0.39 is 0 Å². The van der Waals surface area contributed by atoms with Gasteiger partial charge in [0.2, 0.25) is 5.13 Å². The molecule has 2 heterocycles. The summed E-state index contributed by atoms with van der Waals surface area (Å²) >= 11 is 5.21. The van der Waals surface area contributed by atoms with Crippen LogP contribution in [0, 0.1) is 0 Å². The van der Waals surface area contributed by atoms with E-state index in [2.05, 4.69) is 37.1 Å². The highest BCUT2D eigenvalue weighted by Gasteiger charge is 2.19. The summed E-state index contributed by atoms with van der Waals surface area (Å²) in [5.74, 6) is 1.01. The summed E-state index contributed by atoms with van der Waals surface area (Å²) < 4.78 is 4.38. The third kappa shape index (κ3) is 2.91. The van der Waals surface area contributed by atoms with E-state index in [-0.39, 0.29) is 0 Å². The van der Waals surface area contributed by atoms with E-state index in [1.165, 1.54) is 12.8 Å². The second-order valence-electron chi connectivity index (χ2n) is 3.90. The fraction of sp³-hybridized carbons (Fsp3) is 0.800. The molecule has 1 aliphatic rings. The minimum Gasteiger partial charge on any atom is -0.347 e. The molecule has 1 aromatic heterocycles. The normalized spacial score (nSPS) is 18.4. The molecule has 0 radical (unpaired) electrons. The molecule has 0 saturated carbocycles. The van der Waals surface area contributed by atoms with Crippen LogP contribution in [0.25, 0.3) is 0 Å². The van der Waals surface area contributed by atoms with Crippen molar-refractivity contribution in [2.45, 2.75) is 37.4 Å². The maximum Gasteiger partial charge on any atom is 0.205 e. The Bertz CT molecular complexity index is 307. The molecule has 3 nitrogen and oxygen atoms in total. The Kier molecular flexibility index (Phi) is 3.97. The van der Waals surface area contributed by atoms with Crippen molar-refractivity contribution in [1.82, 2.24) is 9.36 Å². The summed E-state index contributed by atoms with van der Waals surface area (Å²) in [4.78, 5) is 7.61. The number of nitrogens with zero attached hydrogens (tertiary/aromatic N) is 3. The van der Waals surface area contributed by atoms with Gasteiger partial charge in [0.15, 0.2) is 0 Å². The summed E-state index contributed by atoms with van der Waals surface area (Å²) in [6.45, 7) is 4.38. The van der Waals surface area contributed by atoms with Crippen LogP contribution < -0.4 is 4.90 Å². The quantitative estimate of drug-likeness (QED) is 0.802. The number of aryl methyl sites for hydroxylation is 1. The van der Waals surface area contributed by atoms with Gasteiger partial charge in [-0.25, -0.2) is 4.98 Å². The maximum absolute atomic E-state index is 4.57. The number of hydrogen-bond acceptors (Lipinski definition) is 4. The van der Waals surface area contributed by atoms with Crippen molar-refractivity contribution in [1.29, 1.82) is 0 Å². The standard InChI is InChI=1S/C10H16BrN3S/c1-2-3-9-12-10(15-13-9)14-6-4-8(11)5-7-14/h8H,2-7H2,1H3. The zero-order valence-corrected chi connectivity index (χ0v) is 11.4. The second-order valence-corrected chi connectivity index (χ2v) is 5.93. The van der Waals surface area contributed by atoms with Gasteiger partial charge >= 0.3 is 0 Å². The van der Waals surface area contributed by atoms with Crippen molar-refractivity contribution in [2.24, 2.45) is 0 Å². The van der Waals surface area contributed by atoms with Gasteiger partial charge < -0.3 is 4.90 Å². The SMILES string of the molecule is CCCc1nsc(N2CCC(Br)CC2)n1. The largest absolute Gasteiger partial charge is 0.347 e. The molecule has 15 heavy (non-hydrogen) atoms. The molecule has 0 amide bonds. The van der Waals surface area contributed by atoms with E-state index in [4.69, 9.17) is 0 Å². The van der Waals surface area contributed by atoms with Crippen LogP contribution >= 0.6 is 27.5 Å². The van der Waals surface area contributed by atoms with Crippen molar-refractivity contribution in [2.75, 3.05) is 18.0 Å². The molecule has 0 aromatic carbocycles. The first-order valence-electron chi connectivity index (χ1n) is 5.51. The molecule has 5 heteroatoms. The molecular weight excluding hydrogens is 274 g/mol. The van der Waals surface area contributed by atoms with Gasteiger partial charge in [-0.05, 0) is 19.3 Å². The van der Waals surface area contributed by atoms with Crippen LogP contribution in [0.5, 0.6) is 0 Å². The molecular formula is C10H16BrN3S. The summed E-state index contributed by atoms with van der Waals surface area (Å²) in [6, 6.07) is 0. The Morgan fingerprint density at radius 1 is 1.47 bits per heavy atom. The fourth-order valence-corrected chi connectivity index (χ4v) is 2.91. The Hall–Kier alpha value is -0.160. The topological polar surface area (TPSA) is 29.0 Å². The third-order valence-corrected chi connectivity index (χ3v) is 4.36. The Labute approximate surface area is 103 Å². The Morgan fingerprint density at radius 2 is 2.20 bits per heavy atom. The van der Waals surface area contributed by atoms with E-state index in [1.807, 2.05) is 0 Å². The van der Waals surface area contributed by atoms with Crippen LogP contribution in [-0.2, 0) is 6.42 Å². The van der Waals surface area contributed by atoms with Crippen LogP contribution in [0.15, 0.2) is 0 Å². The van der Waals surface area contributed by atoms with E-state index >= 15 is 0 Å². The molecule has 1 aromatic rings. The average Bonchev–Trinajstić information content (AvgIpc) is 2.68. The zero-order valence-electron chi connectivity index (χ0n) is 8.95. The summed E-state index contributed by atoms with van der Waals surface area (Å²) in [6.07, 6.45) is 4.55. The smallest absolute Gasteiger partial charge is 0.205 e. The van der Waals surface area contributed by atoms with E-state index in [1.54, 1.807) is 11.5 Å². The van der Waals surface area contributed by atoms with Gasteiger partial charge in [0.05, 0.1) is 0 Å². The van der Waals surface area contributed by atoms with Gasteiger partial charge in [-0.1, -0.05) is 22.9 Å². The predicted octanol–water partition coefficient (Wildman–Crippen LogP) is 2.85. The lowest BCUT2D eigenvalue weighted by Gasteiger charge is -2.28. The third-order valence-electron chi connectivity index (χ3n) is 2.63. The monoisotopic (exact) mass is 289 g/mol. The molecule has 1 fully saturated rings. The average molecular weight is 290 g/mol. The Morgan fingerprint density at radius 3 is 2.87 bits per heavy atom. The minimum absolute atomic E-state index is 0.691. The molecule has 2 rings (SSSR count). The number of halogens is 1. The summed E-state index contributed by atoms with van der Waals surface area (Å²) in [7, 11) is 0. The molecule has 84 valence electrons. The lowest BCUT2D eigenvalue weighted by atomic mass is 10.1. The van der Waals surface area contributed by atoms with Crippen molar-refractivity contribution in [3.63, 3.8) is 0 Å². The molecule has 0 atom stereocenters. The summed E-state index contributed by atoms with van der Waals surface area (Å²) in [5, 5.41) is 1.11. The molecule has 0 unspecified atom stereocenters. The fourth-order valence-electron chi connectivity index (χ4n) is 1.74. The first-order valence-corrected chi connectivity index (χ1v) is 7.20. The molecule has 0 N–H and O–H groups in total. The van der Waals surface area contributed by atoms with Crippen LogP contribution in [0.3, 0.4) is 0 Å². The number of hydrogen-bond donors (Lipinski definition) is 0. The van der Waals surface area contributed by atoms with Crippen LogP contribution in [0.1, 0.15) is 32.0 Å². The molecule has 0 aliphatic carbocycles. The van der Waals surface area contributed by atoms with Crippen molar-refractivity contribution in [3.05, 3.63) is 5.82 Å². The van der Waals surface area contributed by atoms with Crippen LogP contribution in [0.4, 0.5) is 5.13 Å². The van der Waals surface area contributed by atoms with Gasteiger partial charge in [0.1, 0.15) is 5.82 Å². The van der Waals surface area contributed by atoms with Gasteiger partial charge in [-0.15, -0.1) is 0 Å². The minimum atomic E-state index is 0.691. The van der Waals surface area contributed by atoms with Gasteiger partial charge in [-0.3, -0.25) is 0 Å². The highest BCUT2D eigenvalue weighted by Crippen LogP contribution is 2.24. The van der Waals surface area contributed by atoms with Crippen molar-refractivity contribution < 1.29 is 0 Å². The predicted molar refractivity (Wildman–Crippen MR) is 68.1 cm³/mol. The van der Waals surface area contributed by atoms with E-state index in [0.29, 0.717) is 4.83 Å². The highest BCUT2D eigenvalue weighted by molar-refractivity contribution is 9.09. The number of alkyl halides is 1. The first-order chi connectivity index (χ1) is 7.29. The van der Waals surface area contributed by atoms with Gasteiger partial charge in [0, 0.05) is 35.9 Å². The van der Waals surface area contributed by atoms with Gasteiger partial charge in [0.25, 0.3) is 0 Å². The highest BCUT2D eigenvalue weighted by atomic mass is 79.9. The molecule has 1 saturated heterocycles.